The molecular formula is C19H18N2O3. The fraction of sp³-hybridized carbons (Fsp3) is 0.211. The maximum Gasteiger partial charge on any atom is 0.310 e. The lowest BCUT2D eigenvalue weighted by atomic mass is 9.94. The number of benzodiazepines with no additional fused rings is 1. The molecule has 2 unspecified atom stereocenters. The maximum absolute atomic E-state index is 12.2. The molecule has 1 amide bonds. The standard InChI is InChI=1S/C19H18N2O3/c1-11(19(23)24)14-8-9-16-15(10-14)17(13-6-4-3-5-7-13)20-12(2)18(22)21-16/h3-12H,1-2H3,(H,21,22)(H,23,24). The average Bonchev–Trinajstić information content (AvgIpc) is 2.71. The lowest BCUT2D eigenvalue weighted by Crippen LogP contribution is -2.22. The predicted molar refractivity (Wildman–Crippen MR) is 92.7 cm³/mol. The van der Waals surface area contributed by atoms with Crippen molar-refractivity contribution < 1.29 is 14.7 Å². The van der Waals surface area contributed by atoms with Gasteiger partial charge in [0.15, 0.2) is 0 Å². The summed E-state index contributed by atoms with van der Waals surface area (Å²) in [4.78, 5) is 28.0. The highest BCUT2D eigenvalue weighted by molar-refractivity contribution is 6.19. The van der Waals surface area contributed by atoms with E-state index in [0.717, 1.165) is 11.1 Å². The molecule has 2 N–H and O–H groups in total. The number of aliphatic carboxylic acids is 1. The first-order valence-corrected chi connectivity index (χ1v) is 7.78. The zero-order chi connectivity index (χ0) is 17.3. The van der Waals surface area contributed by atoms with Crippen LogP contribution in [0.5, 0.6) is 0 Å². The number of carbonyl (C=O) groups is 2. The van der Waals surface area contributed by atoms with Crippen molar-refractivity contribution in [1.29, 1.82) is 0 Å². The summed E-state index contributed by atoms with van der Waals surface area (Å²) in [6, 6.07) is 14.4. The summed E-state index contributed by atoms with van der Waals surface area (Å²) in [7, 11) is 0. The topological polar surface area (TPSA) is 78.8 Å². The average molecular weight is 322 g/mol. The predicted octanol–water partition coefficient (Wildman–Crippen LogP) is 3.05. The van der Waals surface area contributed by atoms with Crippen molar-refractivity contribution in [3.8, 4) is 0 Å². The Hall–Kier alpha value is -2.95. The fourth-order valence-corrected chi connectivity index (χ4v) is 2.66. The second kappa shape index (κ2) is 6.28. The number of amides is 1. The summed E-state index contributed by atoms with van der Waals surface area (Å²) < 4.78 is 0. The number of hydrogen-bond donors (Lipinski definition) is 2. The zero-order valence-corrected chi connectivity index (χ0v) is 13.5. The van der Waals surface area contributed by atoms with Gasteiger partial charge >= 0.3 is 5.97 Å². The van der Waals surface area contributed by atoms with Gasteiger partial charge in [-0.15, -0.1) is 0 Å². The van der Waals surface area contributed by atoms with Crippen LogP contribution in [-0.2, 0) is 9.59 Å². The Morgan fingerprint density at radius 2 is 1.92 bits per heavy atom. The number of carbonyl (C=O) groups excluding carboxylic acids is 1. The number of fused-ring (bicyclic) bond motifs is 1. The number of anilines is 1. The smallest absolute Gasteiger partial charge is 0.310 e. The minimum Gasteiger partial charge on any atom is -0.481 e. The van der Waals surface area contributed by atoms with Crippen LogP contribution in [0.1, 0.15) is 36.5 Å². The first-order chi connectivity index (χ1) is 11.5. The number of carboxylic acids is 1. The molecule has 0 bridgehead atoms. The molecule has 0 saturated heterocycles. The van der Waals surface area contributed by atoms with Crippen LogP contribution in [0.15, 0.2) is 53.5 Å². The molecule has 3 rings (SSSR count). The van der Waals surface area contributed by atoms with Gasteiger partial charge in [0.2, 0.25) is 5.91 Å². The highest BCUT2D eigenvalue weighted by atomic mass is 16.4. The van der Waals surface area contributed by atoms with E-state index in [-0.39, 0.29) is 5.91 Å². The maximum atomic E-state index is 12.2. The van der Waals surface area contributed by atoms with Crippen LogP contribution in [0.4, 0.5) is 5.69 Å². The minimum absolute atomic E-state index is 0.179. The Bertz CT molecular complexity index is 828. The number of aliphatic imine (C=N–C) groups is 1. The molecular weight excluding hydrogens is 304 g/mol. The van der Waals surface area contributed by atoms with Crippen LogP contribution >= 0.6 is 0 Å². The normalized spacial score (nSPS) is 18.0. The number of rotatable bonds is 3. The molecule has 2 aromatic rings. The van der Waals surface area contributed by atoms with Crippen molar-refractivity contribution >= 4 is 23.3 Å². The first kappa shape index (κ1) is 15.9. The molecule has 0 radical (unpaired) electrons. The van der Waals surface area contributed by atoms with Gasteiger partial charge in [0.25, 0.3) is 0 Å². The largest absolute Gasteiger partial charge is 0.481 e. The highest BCUT2D eigenvalue weighted by Gasteiger charge is 2.24. The molecule has 2 atom stereocenters. The van der Waals surface area contributed by atoms with E-state index in [1.54, 1.807) is 32.0 Å². The summed E-state index contributed by atoms with van der Waals surface area (Å²) in [5.41, 5.74) is 3.64. The summed E-state index contributed by atoms with van der Waals surface area (Å²) in [5, 5.41) is 12.1. The van der Waals surface area contributed by atoms with Crippen molar-refractivity contribution in [2.75, 3.05) is 5.32 Å². The van der Waals surface area contributed by atoms with Gasteiger partial charge in [-0.3, -0.25) is 14.6 Å². The Morgan fingerprint density at radius 1 is 1.21 bits per heavy atom. The van der Waals surface area contributed by atoms with E-state index in [1.165, 1.54) is 0 Å². The second-order valence-electron chi connectivity index (χ2n) is 5.87. The van der Waals surface area contributed by atoms with Crippen LogP contribution in [0, 0.1) is 0 Å². The van der Waals surface area contributed by atoms with Crippen molar-refractivity contribution in [2.24, 2.45) is 4.99 Å². The van der Waals surface area contributed by atoms with Gasteiger partial charge in [-0.2, -0.15) is 0 Å². The Kier molecular flexibility index (Phi) is 4.16. The fourth-order valence-electron chi connectivity index (χ4n) is 2.66. The van der Waals surface area contributed by atoms with Crippen LogP contribution in [-0.4, -0.2) is 28.7 Å². The summed E-state index contributed by atoms with van der Waals surface area (Å²) in [6.45, 7) is 3.38. The third-order valence-corrected chi connectivity index (χ3v) is 4.18. The summed E-state index contributed by atoms with van der Waals surface area (Å²) in [5.74, 6) is -1.70. The molecule has 5 nitrogen and oxygen atoms in total. The van der Waals surface area contributed by atoms with Gasteiger partial charge in [0, 0.05) is 11.1 Å². The van der Waals surface area contributed by atoms with Crippen LogP contribution in [0.25, 0.3) is 0 Å². The molecule has 1 aliphatic rings. The van der Waals surface area contributed by atoms with E-state index in [9.17, 15) is 14.7 Å². The molecule has 2 aromatic carbocycles. The summed E-state index contributed by atoms with van der Waals surface area (Å²) in [6.07, 6.45) is 0. The van der Waals surface area contributed by atoms with Gasteiger partial charge in [0.1, 0.15) is 6.04 Å². The molecule has 122 valence electrons. The molecule has 0 fully saturated rings. The SMILES string of the molecule is CC1N=C(c2ccccc2)c2cc(C(C)C(=O)O)ccc2NC1=O. The van der Waals surface area contributed by atoms with E-state index < -0.39 is 17.9 Å². The lowest BCUT2D eigenvalue weighted by Gasteiger charge is -2.14. The van der Waals surface area contributed by atoms with Gasteiger partial charge in [-0.1, -0.05) is 36.4 Å². The quantitative estimate of drug-likeness (QED) is 0.911. The molecule has 0 saturated carbocycles. The zero-order valence-electron chi connectivity index (χ0n) is 13.5. The Balaban J connectivity index is 2.19. The van der Waals surface area contributed by atoms with Crippen LogP contribution < -0.4 is 5.32 Å². The molecule has 1 aliphatic heterocycles. The third kappa shape index (κ3) is 2.93. The Labute approximate surface area is 140 Å². The molecule has 1 heterocycles. The van der Waals surface area contributed by atoms with E-state index in [4.69, 9.17) is 0 Å². The van der Waals surface area contributed by atoms with Crippen molar-refractivity contribution in [2.45, 2.75) is 25.8 Å². The number of nitrogens with zero attached hydrogens (tertiary/aromatic N) is 1. The van der Waals surface area contributed by atoms with E-state index >= 15 is 0 Å². The van der Waals surface area contributed by atoms with Crippen molar-refractivity contribution in [3.63, 3.8) is 0 Å². The highest BCUT2D eigenvalue weighted by Crippen LogP contribution is 2.28. The van der Waals surface area contributed by atoms with Gasteiger partial charge in [-0.05, 0) is 31.5 Å². The third-order valence-electron chi connectivity index (χ3n) is 4.18. The molecule has 24 heavy (non-hydrogen) atoms. The lowest BCUT2D eigenvalue weighted by molar-refractivity contribution is -0.138. The van der Waals surface area contributed by atoms with Crippen LogP contribution in [0.2, 0.25) is 0 Å². The molecule has 5 heteroatoms. The van der Waals surface area contributed by atoms with E-state index in [0.29, 0.717) is 17.0 Å². The molecule has 0 spiro atoms. The minimum atomic E-state index is -0.890. The molecule has 0 aliphatic carbocycles. The number of benzene rings is 2. The second-order valence-corrected chi connectivity index (χ2v) is 5.87. The van der Waals surface area contributed by atoms with Gasteiger partial charge < -0.3 is 10.4 Å². The van der Waals surface area contributed by atoms with Crippen LogP contribution in [0.3, 0.4) is 0 Å². The van der Waals surface area contributed by atoms with E-state index in [1.807, 2.05) is 30.3 Å². The first-order valence-electron chi connectivity index (χ1n) is 7.78. The number of nitrogens with one attached hydrogen (secondary N) is 1. The van der Waals surface area contributed by atoms with Crippen molar-refractivity contribution in [1.82, 2.24) is 0 Å². The van der Waals surface area contributed by atoms with E-state index in [2.05, 4.69) is 10.3 Å². The molecule has 0 aromatic heterocycles. The van der Waals surface area contributed by atoms with Gasteiger partial charge in [-0.25, -0.2) is 0 Å². The Morgan fingerprint density at radius 3 is 2.58 bits per heavy atom. The summed E-state index contributed by atoms with van der Waals surface area (Å²) >= 11 is 0. The number of carboxylic acid groups (broad SMARTS) is 1. The van der Waals surface area contributed by atoms with Crippen molar-refractivity contribution in [3.05, 3.63) is 65.2 Å². The van der Waals surface area contributed by atoms with Gasteiger partial charge in [0.05, 0.1) is 17.3 Å². The number of hydrogen-bond acceptors (Lipinski definition) is 3. The monoisotopic (exact) mass is 322 g/mol.